The predicted octanol–water partition coefficient (Wildman–Crippen LogP) is 1.74. The molecule has 2 heteroatoms. The Kier molecular flexibility index (Phi) is 4.20. The Balaban J connectivity index is 2.22. The maximum atomic E-state index is 9.24. The molecule has 0 amide bonds. The van der Waals surface area contributed by atoms with Gasteiger partial charge in [-0.25, -0.2) is 0 Å². The average molecular weight is 185 g/mol. The maximum absolute atomic E-state index is 9.24. The SMILES string of the molecule is CC(O)CN1CCC(C(C)C)CC1. The van der Waals surface area contributed by atoms with Gasteiger partial charge in [0.2, 0.25) is 0 Å². The number of aliphatic hydroxyl groups excluding tert-OH is 1. The summed E-state index contributed by atoms with van der Waals surface area (Å²) in [4.78, 5) is 2.38. The number of rotatable bonds is 3. The van der Waals surface area contributed by atoms with Crippen molar-refractivity contribution in [3.8, 4) is 0 Å². The number of hydrogen-bond acceptors (Lipinski definition) is 2. The van der Waals surface area contributed by atoms with Crippen LogP contribution in [0.4, 0.5) is 0 Å². The van der Waals surface area contributed by atoms with Crippen LogP contribution in [0.1, 0.15) is 33.6 Å². The van der Waals surface area contributed by atoms with Crippen LogP contribution in [0.2, 0.25) is 0 Å². The summed E-state index contributed by atoms with van der Waals surface area (Å²) in [6, 6.07) is 0. The third-order valence-corrected chi connectivity index (χ3v) is 3.10. The fourth-order valence-corrected chi connectivity index (χ4v) is 2.18. The van der Waals surface area contributed by atoms with Crippen molar-refractivity contribution in [3.05, 3.63) is 0 Å². The molecule has 13 heavy (non-hydrogen) atoms. The van der Waals surface area contributed by atoms with E-state index in [0.717, 1.165) is 18.4 Å². The molecule has 1 aliphatic heterocycles. The molecule has 0 spiro atoms. The molecule has 1 rings (SSSR count). The summed E-state index contributed by atoms with van der Waals surface area (Å²) < 4.78 is 0. The van der Waals surface area contributed by atoms with E-state index in [1.807, 2.05) is 6.92 Å². The fourth-order valence-electron chi connectivity index (χ4n) is 2.18. The molecule has 0 aromatic carbocycles. The minimum absolute atomic E-state index is 0.171. The molecule has 1 unspecified atom stereocenters. The zero-order valence-electron chi connectivity index (χ0n) is 9.16. The topological polar surface area (TPSA) is 23.5 Å². The van der Waals surface area contributed by atoms with Crippen molar-refractivity contribution >= 4 is 0 Å². The van der Waals surface area contributed by atoms with Gasteiger partial charge in [0.15, 0.2) is 0 Å². The third-order valence-electron chi connectivity index (χ3n) is 3.10. The molecule has 1 saturated heterocycles. The van der Waals surface area contributed by atoms with Crippen LogP contribution in [0.25, 0.3) is 0 Å². The van der Waals surface area contributed by atoms with E-state index < -0.39 is 0 Å². The second-order valence-electron chi connectivity index (χ2n) is 4.73. The molecule has 0 radical (unpaired) electrons. The molecule has 0 bridgehead atoms. The van der Waals surface area contributed by atoms with Gasteiger partial charge in [0.1, 0.15) is 0 Å². The number of likely N-dealkylation sites (tertiary alicyclic amines) is 1. The normalized spacial score (nSPS) is 23.8. The zero-order chi connectivity index (χ0) is 9.84. The lowest BCUT2D eigenvalue weighted by atomic mass is 9.87. The molecule has 0 aliphatic carbocycles. The van der Waals surface area contributed by atoms with Gasteiger partial charge < -0.3 is 10.0 Å². The molecular formula is C11H23NO. The van der Waals surface area contributed by atoms with Crippen LogP contribution in [0.5, 0.6) is 0 Å². The van der Waals surface area contributed by atoms with Crippen LogP contribution in [0, 0.1) is 11.8 Å². The lowest BCUT2D eigenvalue weighted by molar-refractivity contribution is 0.0914. The van der Waals surface area contributed by atoms with Crippen molar-refractivity contribution < 1.29 is 5.11 Å². The third kappa shape index (κ3) is 3.65. The van der Waals surface area contributed by atoms with Crippen molar-refractivity contribution in [1.82, 2.24) is 4.90 Å². The Hall–Kier alpha value is -0.0800. The molecule has 78 valence electrons. The highest BCUT2D eigenvalue weighted by Crippen LogP contribution is 2.24. The summed E-state index contributed by atoms with van der Waals surface area (Å²) in [7, 11) is 0. The van der Waals surface area contributed by atoms with E-state index in [0.29, 0.717) is 0 Å². The molecule has 1 fully saturated rings. The second-order valence-corrected chi connectivity index (χ2v) is 4.73. The summed E-state index contributed by atoms with van der Waals surface area (Å²) in [5.74, 6) is 1.74. The van der Waals surface area contributed by atoms with Crippen molar-refractivity contribution in [2.24, 2.45) is 11.8 Å². The van der Waals surface area contributed by atoms with Crippen molar-refractivity contribution in [1.29, 1.82) is 0 Å². The van der Waals surface area contributed by atoms with Crippen LogP contribution in [-0.2, 0) is 0 Å². The molecule has 1 heterocycles. The first-order chi connectivity index (χ1) is 6.09. The number of β-amino-alcohol motifs (C(OH)–C–C–N with tert-alkyl or cyclic N) is 1. The van der Waals surface area contributed by atoms with E-state index in [9.17, 15) is 5.11 Å². The molecule has 1 atom stereocenters. The van der Waals surface area contributed by atoms with Crippen LogP contribution >= 0.6 is 0 Å². The van der Waals surface area contributed by atoms with Gasteiger partial charge in [-0.15, -0.1) is 0 Å². The van der Waals surface area contributed by atoms with Gasteiger partial charge in [-0.05, 0) is 44.7 Å². The van der Waals surface area contributed by atoms with Gasteiger partial charge in [-0.1, -0.05) is 13.8 Å². The number of piperidine rings is 1. The molecule has 0 aromatic heterocycles. The standard InChI is InChI=1S/C11H23NO/c1-9(2)11-4-6-12(7-5-11)8-10(3)13/h9-11,13H,4-8H2,1-3H3. The lowest BCUT2D eigenvalue weighted by Crippen LogP contribution is -2.39. The van der Waals surface area contributed by atoms with Crippen LogP contribution in [-0.4, -0.2) is 35.7 Å². The highest BCUT2D eigenvalue weighted by atomic mass is 16.3. The molecule has 0 saturated carbocycles. The van der Waals surface area contributed by atoms with Gasteiger partial charge in [0.05, 0.1) is 6.10 Å². The molecule has 1 aliphatic rings. The molecular weight excluding hydrogens is 162 g/mol. The quantitative estimate of drug-likeness (QED) is 0.724. The minimum Gasteiger partial charge on any atom is -0.392 e. The molecule has 2 nitrogen and oxygen atoms in total. The van der Waals surface area contributed by atoms with Crippen molar-refractivity contribution in [3.63, 3.8) is 0 Å². The zero-order valence-corrected chi connectivity index (χ0v) is 9.16. The Morgan fingerprint density at radius 1 is 1.23 bits per heavy atom. The highest BCUT2D eigenvalue weighted by Gasteiger charge is 2.21. The van der Waals surface area contributed by atoms with Gasteiger partial charge >= 0.3 is 0 Å². The van der Waals surface area contributed by atoms with E-state index in [4.69, 9.17) is 0 Å². The first-order valence-electron chi connectivity index (χ1n) is 5.50. The largest absolute Gasteiger partial charge is 0.392 e. The van der Waals surface area contributed by atoms with Gasteiger partial charge in [0, 0.05) is 6.54 Å². The lowest BCUT2D eigenvalue weighted by Gasteiger charge is -2.34. The first-order valence-corrected chi connectivity index (χ1v) is 5.50. The molecule has 0 aromatic rings. The van der Waals surface area contributed by atoms with Crippen LogP contribution < -0.4 is 0 Å². The van der Waals surface area contributed by atoms with E-state index in [-0.39, 0.29) is 6.10 Å². The second kappa shape index (κ2) is 4.97. The summed E-state index contributed by atoms with van der Waals surface area (Å²) in [5, 5.41) is 9.24. The van der Waals surface area contributed by atoms with Gasteiger partial charge in [-0.2, -0.15) is 0 Å². The Labute approximate surface area is 81.9 Å². The summed E-state index contributed by atoms with van der Waals surface area (Å²) >= 11 is 0. The Bertz CT molecular complexity index is 137. The number of aliphatic hydroxyl groups is 1. The monoisotopic (exact) mass is 185 g/mol. The van der Waals surface area contributed by atoms with Crippen LogP contribution in [0.15, 0.2) is 0 Å². The van der Waals surface area contributed by atoms with Crippen molar-refractivity contribution in [2.75, 3.05) is 19.6 Å². The smallest absolute Gasteiger partial charge is 0.0639 e. The average Bonchev–Trinajstić information content (AvgIpc) is 2.04. The predicted molar refractivity (Wildman–Crippen MR) is 55.7 cm³/mol. The van der Waals surface area contributed by atoms with Crippen LogP contribution in [0.3, 0.4) is 0 Å². The van der Waals surface area contributed by atoms with E-state index >= 15 is 0 Å². The van der Waals surface area contributed by atoms with E-state index in [1.165, 1.54) is 25.9 Å². The molecule has 1 N–H and O–H groups in total. The summed E-state index contributed by atoms with van der Waals surface area (Å²) in [6.07, 6.45) is 2.45. The number of nitrogens with zero attached hydrogens (tertiary/aromatic N) is 1. The summed E-state index contributed by atoms with van der Waals surface area (Å²) in [6.45, 7) is 9.70. The minimum atomic E-state index is -0.171. The highest BCUT2D eigenvalue weighted by molar-refractivity contribution is 4.74. The van der Waals surface area contributed by atoms with E-state index in [1.54, 1.807) is 0 Å². The Morgan fingerprint density at radius 3 is 2.15 bits per heavy atom. The van der Waals surface area contributed by atoms with E-state index in [2.05, 4.69) is 18.7 Å². The summed E-state index contributed by atoms with van der Waals surface area (Å²) in [5.41, 5.74) is 0. The van der Waals surface area contributed by atoms with Gasteiger partial charge in [0.25, 0.3) is 0 Å². The number of hydrogen-bond donors (Lipinski definition) is 1. The first kappa shape index (κ1) is 11.0. The maximum Gasteiger partial charge on any atom is 0.0639 e. The fraction of sp³-hybridized carbons (Fsp3) is 1.00. The van der Waals surface area contributed by atoms with Gasteiger partial charge in [-0.3, -0.25) is 0 Å². The Morgan fingerprint density at radius 2 is 1.77 bits per heavy atom. The van der Waals surface area contributed by atoms with Crippen molar-refractivity contribution in [2.45, 2.75) is 39.7 Å².